The van der Waals surface area contributed by atoms with Crippen LogP contribution in [0.5, 0.6) is 0 Å². The second kappa shape index (κ2) is 8.74. The molecule has 1 atom stereocenters. The molecule has 8 nitrogen and oxygen atoms in total. The summed E-state index contributed by atoms with van der Waals surface area (Å²) in [7, 11) is 0. The third kappa shape index (κ3) is 4.91. The third-order valence-electron chi connectivity index (χ3n) is 3.90. The zero-order chi connectivity index (χ0) is 21.0. The van der Waals surface area contributed by atoms with Crippen molar-refractivity contribution >= 4 is 35.0 Å². The first kappa shape index (κ1) is 20.3. The molecule has 0 fully saturated rings. The van der Waals surface area contributed by atoms with E-state index in [1.807, 2.05) is 0 Å². The molecule has 150 valence electrons. The third-order valence-corrected chi connectivity index (χ3v) is 4.96. The van der Waals surface area contributed by atoms with E-state index in [-0.39, 0.29) is 28.4 Å². The number of hydrogen-bond acceptors (Lipinski definition) is 6. The molecule has 10 heteroatoms. The lowest BCUT2D eigenvalue weighted by molar-refractivity contribution is -0.115. The molecule has 0 aliphatic heterocycles. The molecule has 3 aromatic rings. The highest BCUT2D eigenvalue weighted by Crippen LogP contribution is 2.26. The van der Waals surface area contributed by atoms with Gasteiger partial charge in [0.05, 0.1) is 10.8 Å². The van der Waals surface area contributed by atoms with Crippen molar-refractivity contribution in [3.63, 3.8) is 0 Å². The number of halogens is 1. The lowest BCUT2D eigenvalue weighted by atomic mass is 10.2. The minimum atomic E-state index is -0.537. The van der Waals surface area contributed by atoms with E-state index in [4.69, 9.17) is 5.84 Å². The van der Waals surface area contributed by atoms with Gasteiger partial charge in [0.15, 0.2) is 5.82 Å². The number of nitrogens with one attached hydrogen (secondary N) is 2. The average molecular weight is 414 g/mol. The van der Waals surface area contributed by atoms with E-state index >= 15 is 0 Å². The van der Waals surface area contributed by atoms with Crippen LogP contribution in [-0.2, 0) is 9.59 Å². The molecule has 0 saturated heterocycles. The molecule has 3 rings (SSSR count). The summed E-state index contributed by atoms with van der Waals surface area (Å²) in [5.41, 5.74) is 1.44. The summed E-state index contributed by atoms with van der Waals surface area (Å²) in [5.74, 6) is 5.27. The number of nitrogens with two attached hydrogens (primary N) is 1. The molecule has 29 heavy (non-hydrogen) atoms. The van der Waals surface area contributed by atoms with Crippen molar-refractivity contribution in [2.45, 2.75) is 24.3 Å². The fraction of sp³-hybridized carbons (Fsp3) is 0.158. The number of amides is 2. The predicted molar refractivity (Wildman–Crippen MR) is 110 cm³/mol. The van der Waals surface area contributed by atoms with Gasteiger partial charge in [0.1, 0.15) is 5.82 Å². The summed E-state index contributed by atoms with van der Waals surface area (Å²) >= 11 is 1.10. The van der Waals surface area contributed by atoms with Crippen LogP contribution in [0.4, 0.5) is 15.8 Å². The normalized spacial score (nSPS) is 11.7. The van der Waals surface area contributed by atoms with Gasteiger partial charge in [0.2, 0.25) is 17.0 Å². The van der Waals surface area contributed by atoms with Gasteiger partial charge in [0.25, 0.3) is 0 Å². The van der Waals surface area contributed by atoms with Crippen LogP contribution < -0.4 is 16.5 Å². The molecule has 0 spiro atoms. The molecule has 0 radical (unpaired) electrons. The van der Waals surface area contributed by atoms with E-state index < -0.39 is 11.1 Å². The van der Waals surface area contributed by atoms with E-state index in [9.17, 15) is 14.0 Å². The number of carbonyl (C=O) groups excluding carboxylic acids is 2. The standard InChI is InChI=1S/C19H19FN6O2S/c1-11(18(28)23-14-9-7-13(8-10-14)22-12(2)27)29-19-25-24-17(26(19)21)15-5-3-4-6-16(15)20/h3-11H,21H2,1-2H3,(H,22,27)(H,23,28)/t11-/m1/s1. The van der Waals surface area contributed by atoms with Crippen molar-refractivity contribution in [2.24, 2.45) is 0 Å². The molecule has 2 aromatic carbocycles. The molecule has 2 amide bonds. The smallest absolute Gasteiger partial charge is 0.237 e. The van der Waals surface area contributed by atoms with Crippen LogP contribution in [0.2, 0.25) is 0 Å². The fourth-order valence-corrected chi connectivity index (χ4v) is 3.25. The SMILES string of the molecule is CC(=O)Nc1ccc(NC(=O)[C@@H](C)Sc2nnc(-c3ccccc3F)n2N)cc1. The molecule has 1 heterocycles. The molecule has 0 saturated carbocycles. The van der Waals surface area contributed by atoms with Crippen LogP contribution in [0, 0.1) is 5.82 Å². The van der Waals surface area contributed by atoms with Crippen molar-refractivity contribution in [1.29, 1.82) is 0 Å². The number of hydrogen-bond donors (Lipinski definition) is 3. The predicted octanol–water partition coefficient (Wildman–Crippen LogP) is 2.88. The van der Waals surface area contributed by atoms with Crippen LogP contribution in [0.25, 0.3) is 11.4 Å². The fourth-order valence-electron chi connectivity index (χ4n) is 2.48. The monoisotopic (exact) mass is 414 g/mol. The number of nitrogens with zero attached hydrogens (tertiary/aromatic N) is 3. The largest absolute Gasteiger partial charge is 0.335 e. The summed E-state index contributed by atoms with van der Waals surface area (Å²) in [4.78, 5) is 23.5. The van der Waals surface area contributed by atoms with Gasteiger partial charge in [0, 0.05) is 18.3 Å². The number of benzene rings is 2. The first-order valence-corrected chi connectivity index (χ1v) is 9.53. The summed E-state index contributed by atoms with van der Waals surface area (Å²) < 4.78 is 15.1. The Kier molecular flexibility index (Phi) is 6.13. The summed E-state index contributed by atoms with van der Waals surface area (Å²) in [6.45, 7) is 3.12. The molecular weight excluding hydrogens is 395 g/mol. The van der Waals surface area contributed by atoms with Gasteiger partial charge in [-0.15, -0.1) is 10.2 Å². The number of nitrogen functional groups attached to an aromatic ring is 1. The Morgan fingerprint density at radius 1 is 1.07 bits per heavy atom. The van der Waals surface area contributed by atoms with Crippen molar-refractivity contribution in [3.05, 3.63) is 54.3 Å². The Hall–Kier alpha value is -3.40. The maximum Gasteiger partial charge on any atom is 0.237 e. The second-order valence-corrected chi connectivity index (χ2v) is 7.47. The molecule has 0 unspecified atom stereocenters. The molecular formula is C19H19FN6O2S. The molecule has 4 N–H and O–H groups in total. The van der Waals surface area contributed by atoms with Crippen molar-refractivity contribution in [2.75, 3.05) is 16.5 Å². The summed E-state index contributed by atoms with van der Waals surface area (Å²) in [6, 6.07) is 12.8. The quantitative estimate of drug-likeness (QED) is 0.422. The van der Waals surface area contributed by atoms with Crippen LogP contribution in [-0.4, -0.2) is 31.9 Å². The number of anilines is 2. The lowest BCUT2D eigenvalue weighted by Crippen LogP contribution is -2.23. The Bertz CT molecular complexity index is 1040. The van der Waals surface area contributed by atoms with Gasteiger partial charge in [-0.2, -0.15) is 0 Å². The van der Waals surface area contributed by atoms with Crippen molar-refractivity contribution < 1.29 is 14.0 Å². The highest BCUT2D eigenvalue weighted by Gasteiger charge is 2.21. The van der Waals surface area contributed by atoms with Crippen LogP contribution in [0.3, 0.4) is 0 Å². The van der Waals surface area contributed by atoms with Gasteiger partial charge in [-0.3, -0.25) is 9.59 Å². The Morgan fingerprint density at radius 2 is 1.69 bits per heavy atom. The van der Waals surface area contributed by atoms with Gasteiger partial charge in [-0.1, -0.05) is 23.9 Å². The second-order valence-electron chi connectivity index (χ2n) is 6.16. The Balaban J connectivity index is 1.66. The lowest BCUT2D eigenvalue weighted by Gasteiger charge is -2.12. The number of aromatic nitrogens is 3. The zero-order valence-electron chi connectivity index (χ0n) is 15.7. The molecule has 1 aromatic heterocycles. The maximum absolute atomic E-state index is 14.0. The van der Waals surface area contributed by atoms with Gasteiger partial charge >= 0.3 is 0 Å². The first-order valence-electron chi connectivity index (χ1n) is 8.65. The number of rotatable bonds is 6. The van der Waals surface area contributed by atoms with Crippen LogP contribution in [0.1, 0.15) is 13.8 Å². The van der Waals surface area contributed by atoms with E-state index in [1.165, 1.54) is 13.0 Å². The Labute approximate surface area is 170 Å². The molecule has 0 aliphatic carbocycles. The number of thioether (sulfide) groups is 1. The van der Waals surface area contributed by atoms with Gasteiger partial charge in [-0.05, 0) is 43.3 Å². The number of carbonyl (C=O) groups is 2. The summed E-state index contributed by atoms with van der Waals surface area (Å²) in [6.07, 6.45) is 0. The van der Waals surface area contributed by atoms with Crippen LogP contribution in [0.15, 0.2) is 53.7 Å². The minimum absolute atomic E-state index is 0.173. The minimum Gasteiger partial charge on any atom is -0.335 e. The van der Waals surface area contributed by atoms with Gasteiger partial charge in [-0.25, -0.2) is 9.07 Å². The van der Waals surface area contributed by atoms with E-state index in [0.717, 1.165) is 16.4 Å². The Morgan fingerprint density at radius 3 is 2.31 bits per heavy atom. The highest BCUT2D eigenvalue weighted by atomic mass is 32.2. The van der Waals surface area contributed by atoms with Crippen molar-refractivity contribution in [3.8, 4) is 11.4 Å². The average Bonchev–Trinajstić information content (AvgIpc) is 3.03. The topological polar surface area (TPSA) is 115 Å². The maximum atomic E-state index is 14.0. The zero-order valence-corrected chi connectivity index (χ0v) is 16.5. The summed E-state index contributed by atoms with van der Waals surface area (Å²) in [5, 5.41) is 13.1. The first-order chi connectivity index (χ1) is 13.8. The van der Waals surface area contributed by atoms with E-state index in [0.29, 0.717) is 11.4 Å². The van der Waals surface area contributed by atoms with Crippen LogP contribution >= 0.6 is 11.8 Å². The molecule has 0 aliphatic rings. The van der Waals surface area contributed by atoms with E-state index in [1.54, 1.807) is 49.4 Å². The van der Waals surface area contributed by atoms with Crippen molar-refractivity contribution in [1.82, 2.24) is 14.9 Å². The van der Waals surface area contributed by atoms with Gasteiger partial charge < -0.3 is 16.5 Å². The van der Waals surface area contributed by atoms with E-state index in [2.05, 4.69) is 20.8 Å². The molecule has 0 bridgehead atoms. The highest BCUT2D eigenvalue weighted by molar-refractivity contribution is 8.00.